The number of rotatable bonds is 5. The molecule has 0 saturated heterocycles. The third-order valence-electron chi connectivity index (χ3n) is 4.84. The van der Waals surface area contributed by atoms with Gasteiger partial charge < -0.3 is 11.1 Å². The average molecular weight is 288 g/mol. The Balaban J connectivity index is 2.16. The summed E-state index contributed by atoms with van der Waals surface area (Å²) in [5.74, 6) is -0.0294. The monoisotopic (exact) mass is 288 g/mol. The summed E-state index contributed by atoms with van der Waals surface area (Å²) in [6.45, 7) is 5.16. The Morgan fingerprint density at radius 1 is 1.33 bits per heavy atom. The zero-order valence-electron chi connectivity index (χ0n) is 13.3. The summed E-state index contributed by atoms with van der Waals surface area (Å²) in [4.78, 5) is 12.1. The van der Waals surface area contributed by atoms with E-state index in [1.54, 1.807) is 0 Å². The van der Waals surface area contributed by atoms with Crippen LogP contribution in [0.4, 0.5) is 0 Å². The fourth-order valence-electron chi connectivity index (χ4n) is 3.31. The Kier molecular flexibility index (Phi) is 5.40. The van der Waals surface area contributed by atoms with Gasteiger partial charge in [-0.05, 0) is 25.3 Å². The molecule has 0 heterocycles. The van der Waals surface area contributed by atoms with E-state index in [9.17, 15) is 4.79 Å². The van der Waals surface area contributed by atoms with Crippen LogP contribution >= 0.6 is 0 Å². The highest BCUT2D eigenvalue weighted by molar-refractivity contribution is 5.78. The number of carbonyl (C=O) groups excluding carboxylic acids is 1. The van der Waals surface area contributed by atoms with Crippen LogP contribution in [-0.4, -0.2) is 19.0 Å². The van der Waals surface area contributed by atoms with Crippen molar-refractivity contribution in [3.63, 3.8) is 0 Å². The van der Waals surface area contributed by atoms with Crippen molar-refractivity contribution < 1.29 is 4.79 Å². The van der Waals surface area contributed by atoms with Gasteiger partial charge in [-0.1, -0.05) is 56.0 Å². The van der Waals surface area contributed by atoms with Gasteiger partial charge in [0.05, 0.1) is 0 Å². The lowest BCUT2D eigenvalue weighted by molar-refractivity contribution is -0.124. The van der Waals surface area contributed by atoms with E-state index in [2.05, 4.69) is 36.5 Å². The topological polar surface area (TPSA) is 55.1 Å². The fraction of sp³-hybridized carbons (Fsp3) is 0.611. The highest BCUT2D eigenvalue weighted by Crippen LogP contribution is 2.39. The Morgan fingerprint density at radius 2 is 2.05 bits per heavy atom. The first-order valence-corrected chi connectivity index (χ1v) is 8.12. The summed E-state index contributed by atoms with van der Waals surface area (Å²) in [6, 6.07) is 8.77. The maximum absolute atomic E-state index is 12.1. The number of hydrogen-bond acceptors (Lipinski definition) is 2. The van der Waals surface area contributed by atoms with Gasteiger partial charge in [0.25, 0.3) is 0 Å². The number of carbonyl (C=O) groups is 1. The minimum absolute atomic E-state index is 0.0788. The quantitative estimate of drug-likeness (QED) is 0.875. The van der Waals surface area contributed by atoms with Crippen molar-refractivity contribution in [3.8, 4) is 0 Å². The van der Waals surface area contributed by atoms with Crippen molar-refractivity contribution >= 4 is 5.91 Å². The van der Waals surface area contributed by atoms with Crippen LogP contribution in [0.3, 0.4) is 0 Å². The number of nitrogens with one attached hydrogen (secondary N) is 1. The first-order chi connectivity index (χ1) is 10.1. The molecule has 1 aromatic rings. The lowest BCUT2D eigenvalue weighted by Gasteiger charge is -2.38. The molecule has 0 radical (unpaired) electrons. The van der Waals surface area contributed by atoms with E-state index in [0.29, 0.717) is 6.54 Å². The second-order valence-corrected chi connectivity index (χ2v) is 6.57. The minimum Gasteiger partial charge on any atom is -0.355 e. The second kappa shape index (κ2) is 7.08. The van der Waals surface area contributed by atoms with E-state index in [0.717, 1.165) is 19.4 Å². The summed E-state index contributed by atoms with van der Waals surface area (Å²) in [5.41, 5.74) is 8.36. The maximum atomic E-state index is 12.1. The first-order valence-electron chi connectivity index (χ1n) is 8.12. The van der Waals surface area contributed by atoms with Crippen molar-refractivity contribution in [1.29, 1.82) is 0 Å². The molecule has 0 aliphatic heterocycles. The van der Waals surface area contributed by atoms with Crippen molar-refractivity contribution in [2.24, 2.45) is 11.7 Å². The molecule has 1 atom stereocenters. The Bertz CT molecular complexity index is 478. The van der Waals surface area contributed by atoms with Gasteiger partial charge in [0.2, 0.25) is 5.91 Å². The van der Waals surface area contributed by atoms with E-state index in [1.165, 1.54) is 30.4 Å². The van der Waals surface area contributed by atoms with Gasteiger partial charge in [0, 0.05) is 24.4 Å². The van der Waals surface area contributed by atoms with Crippen molar-refractivity contribution in [2.45, 2.75) is 51.4 Å². The highest BCUT2D eigenvalue weighted by atomic mass is 16.1. The average Bonchev–Trinajstić information content (AvgIpc) is 2.52. The zero-order valence-corrected chi connectivity index (χ0v) is 13.3. The maximum Gasteiger partial charge on any atom is 0.224 e. The molecule has 3 nitrogen and oxygen atoms in total. The van der Waals surface area contributed by atoms with Gasteiger partial charge in [0.1, 0.15) is 0 Å². The Morgan fingerprint density at radius 3 is 2.67 bits per heavy atom. The third kappa shape index (κ3) is 3.85. The predicted molar refractivity (Wildman–Crippen MR) is 87.2 cm³/mol. The molecule has 1 fully saturated rings. The summed E-state index contributed by atoms with van der Waals surface area (Å²) in [6.07, 6.45) is 6.12. The van der Waals surface area contributed by atoms with Crippen molar-refractivity contribution in [1.82, 2.24) is 5.32 Å². The zero-order chi connectivity index (χ0) is 15.3. The number of hydrogen-bond donors (Lipinski definition) is 2. The third-order valence-corrected chi connectivity index (χ3v) is 4.84. The van der Waals surface area contributed by atoms with Crippen LogP contribution in [0.2, 0.25) is 0 Å². The summed E-state index contributed by atoms with van der Waals surface area (Å²) >= 11 is 0. The van der Waals surface area contributed by atoms with E-state index < -0.39 is 0 Å². The van der Waals surface area contributed by atoms with Gasteiger partial charge in [-0.15, -0.1) is 0 Å². The molecular weight excluding hydrogens is 260 g/mol. The largest absolute Gasteiger partial charge is 0.355 e. The van der Waals surface area contributed by atoms with Gasteiger partial charge in [-0.25, -0.2) is 0 Å². The van der Waals surface area contributed by atoms with E-state index in [-0.39, 0.29) is 17.2 Å². The molecule has 3 N–H and O–H groups in total. The molecule has 0 spiro atoms. The van der Waals surface area contributed by atoms with Crippen molar-refractivity contribution in [2.75, 3.05) is 13.1 Å². The van der Waals surface area contributed by atoms with Gasteiger partial charge >= 0.3 is 0 Å². The molecule has 1 aromatic carbocycles. The number of nitrogens with two attached hydrogens (primary N) is 1. The normalized spacial score (nSPS) is 19.0. The number of benzene rings is 1. The molecule has 1 unspecified atom stereocenters. The predicted octanol–water partition coefficient (Wildman–Crippen LogP) is 2.91. The van der Waals surface area contributed by atoms with Crippen LogP contribution in [-0.2, 0) is 10.2 Å². The Labute approximate surface area is 128 Å². The van der Waals surface area contributed by atoms with Crippen LogP contribution < -0.4 is 11.1 Å². The van der Waals surface area contributed by atoms with Crippen LogP contribution in [0.25, 0.3) is 0 Å². The molecule has 2 rings (SSSR count). The molecule has 1 saturated carbocycles. The van der Waals surface area contributed by atoms with Crippen LogP contribution in [0.5, 0.6) is 0 Å². The molecule has 1 amide bonds. The lowest BCUT2D eigenvalue weighted by atomic mass is 9.69. The lowest BCUT2D eigenvalue weighted by Crippen LogP contribution is -2.44. The second-order valence-electron chi connectivity index (χ2n) is 6.57. The summed E-state index contributed by atoms with van der Waals surface area (Å²) in [5, 5.41) is 3.14. The first kappa shape index (κ1) is 16.0. The summed E-state index contributed by atoms with van der Waals surface area (Å²) in [7, 11) is 0. The van der Waals surface area contributed by atoms with Crippen LogP contribution in [0, 0.1) is 12.8 Å². The highest BCUT2D eigenvalue weighted by Gasteiger charge is 2.34. The van der Waals surface area contributed by atoms with Crippen molar-refractivity contribution in [3.05, 3.63) is 35.4 Å². The van der Waals surface area contributed by atoms with Gasteiger partial charge in [-0.2, -0.15) is 0 Å². The molecule has 0 aromatic heterocycles. The number of amides is 1. The smallest absolute Gasteiger partial charge is 0.224 e. The number of aryl methyl sites for hydroxylation is 1. The van der Waals surface area contributed by atoms with E-state index in [4.69, 9.17) is 5.73 Å². The molecule has 1 aliphatic carbocycles. The molecule has 21 heavy (non-hydrogen) atoms. The SMILES string of the molecule is Cc1cccc(C2(CNC(=O)C(C)CN)CCCCC2)c1. The minimum atomic E-state index is -0.108. The van der Waals surface area contributed by atoms with Crippen LogP contribution in [0.15, 0.2) is 24.3 Å². The molecule has 3 heteroatoms. The molecular formula is C18H28N2O. The van der Waals surface area contributed by atoms with Gasteiger partial charge in [0.15, 0.2) is 0 Å². The fourth-order valence-corrected chi connectivity index (χ4v) is 3.31. The van der Waals surface area contributed by atoms with E-state index >= 15 is 0 Å². The van der Waals surface area contributed by atoms with E-state index in [1.807, 2.05) is 6.92 Å². The molecule has 116 valence electrons. The van der Waals surface area contributed by atoms with Gasteiger partial charge in [-0.3, -0.25) is 4.79 Å². The van der Waals surface area contributed by atoms with Crippen LogP contribution in [0.1, 0.15) is 50.2 Å². The summed E-state index contributed by atoms with van der Waals surface area (Å²) < 4.78 is 0. The molecule has 0 bridgehead atoms. The molecule has 1 aliphatic rings. The standard InChI is InChI=1S/C18H28N2O/c1-14-7-6-8-16(11-14)18(9-4-3-5-10-18)13-20-17(21)15(2)12-19/h6-8,11,15H,3-5,9-10,12-13,19H2,1-2H3,(H,20,21). The Hall–Kier alpha value is -1.35.